The van der Waals surface area contributed by atoms with Crippen molar-refractivity contribution in [1.29, 1.82) is 5.26 Å². The first kappa shape index (κ1) is 14.9. The second-order valence-electron chi connectivity index (χ2n) is 6.12. The van der Waals surface area contributed by atoms with Gasteiger partial charge in [-0.05, 0) is 44.2 Å². The number of benzene rings is 1. The summed E-state index contributed by atoms with van der Waals surface area (Å²) in [5.41, 5.74) is 1.69. The van der Waals surface area contributed by atoms with E-state index in [9.17, 15) is 0 Å². The lowest BCUT2D eigenvalue weighted by Gasteiger charge is -2.33. The second kappa shape index (κ2) is 6.76. The Morgan fingerprint density at radius 3 is 2.55 bits per heavy atom. The molecule has 3 nitrogen and oxygen atoms in total. The molecule has 2 rings (SSSR count). The first-order valence-electron chi connectivity index (χ1n) is 7.61. The number of nitrogens with zero attached hydrogens (tertiary/aromatic N) is 2. The van der Waals surface area contributed by atoms with Crippen LogP contribution in [-0.2, 0) is 0 Å². The Balaban J connectivity index is 1.94. The summed E-state index contributed by atoms with van der Waals surface area (Å²) < 4.78 is 7.03. The zero-order valence-corrected chi connectivity index (χ0v) is 12.7. The summed E-state index contributed by atoms with van der Waals surface area (Å²) in [5, 5.41) is 9.14. The molecule has 20 heavy (non-hydrogen) atoms. The number of hydrogen-bond donors (Lipinski definition) is 0. The minimum Gasteiger partial charge on any atom is -0.486 e. The van der Waals surface area contributed by atoms with E-state index in [1.54, 1.807) is 0 Å². The molecule has 0 saturated carbocycles. The van der Waals surface area contributed by atoms with E-state index in [1.807, 2.05) is 25.1 Å². The second-order valence-corrected chi connectivity index (χ2v) is 6.12. The highest BCUT2D eigenvalue weighted by Gasteiger charge is 2.23. The quantitative estimate of drug-likeness (QED) is 0.789. The molecule has 0 atom stereocenters. The van der Waals surface area contributed by atoms with Crippen LogP contribution >= 0.6 is 0 Å². The summed E-state index contributed by atoms with van der Waals surface area (Å²) >= 11 is 0. The van der Waals surface area contributed by atoms with Crippen molar-refractivity contribution in [3.63, 3.8) is 0 Å². The first-order chi connectivity index (χ1) is 9.64. The van der Waals surface area contributed by atoms with Crippen molar-refractivity contribution < 1.29 is 9.22 Å². The molecule has 1 aromatic carbocycles. The van der Waals surface area contributed by atoms with Crippen molar-refractivity contribution in [2.45, 2.75) is 32.6 Å². The van der Waals surface area contributed by atoms with Gasteiger partial charge in [-0.15, -0.1) is 0 Å². The molecule has 0 spiro atoms. The average Bonchev–Trinajstić information content (AvgIpc) is 2.65. The average molecular weight is 273 g/mol. The Hall–Kier alpha value is -1.53. The van der Waals surface area contributed by atoms with Gasteiger partial charge in [0, 0.05) is 0 Å². The van der Waals surface area contributed by atoms with Crippen LogP contribution in [-0.4, -0.2) is 37.8 Å². The molecule has 1 aliphatic heterocycles. The van der Waals surface area contributed by atoms with Gasteiger partial charge in [0.05, 0.1) is 25.7 Å². The van der Waals surface area contributed by atoms with Gasteiger partial charge in [-0.2, -0.15) is 5.26 Å². The number of aryl methyl sites for hydroxylation is 1. The van der Waals surface area contributed by atoms with Crippen molar-refractivity contribution in [3.8, 4) is 11.8 Å². The standard InChI is InChI=1S/C17H25N2O/c1-15-8-7-9-16(14-18)17(15)20-13-12-19(2)10-5-3-4-6-11-19/h7-9H,3-6,10-13H2,1-2H3/q+1. The lowest BCUT2D eigenvalue weighted by atomic mass is 10.1. The van der Waals surface area contributed by atoms with E-state index in [1.165, 1.54) is 38.8 Å². The van der Waals surface area contributed by atoms with Gasteiger partial charge in [0.15, 0.2) is 0 Å². The van der Waals surface area contributed by atoms with Gasteiger partial charge in [0.25, 0.3) is 0 Å². The molecule has 0 unspecified atom stereocenters. The minimum atomic E-state index is 0.642. The SMILES string of the molecule is Cc1cccc(C#N)c1OCC[N+]1(C)CCCCCC1. The third-order valence-corrected chi connectivity index (χ3v) is 4.36. The largest absolute Gasteiger partial charge is 0.486 e. The Morgan fingerprint density at radius 2 is 1.90 bits per heavy atom. The maximum atomic E-state index is 9.14. The van der Waals surface area contributed by atoms with Crippen LogP contribution in [0, 0.1) is 18.3 Å². The fourth-order valence-corrected chi connectivity index (χ4v) is 2.98. The topological polar surface area (TPSA) is 33.0 Å². The van der Waals surface area contributed by atoms with Crippen LogP contribution < -0.4 is 4.74 Å². The lowest BCUT2D eigenvalue weighted by Crippen LogP contribution is -2.47. The highest BCUT2D eigenvalue weighted by molar-refractivity contribution is 5.47. The van der Waals surface area contributed by atoms with Crippen LogP contribution in [0.25, 0.3) is 0 Å². The van der Waals surface area contributed by atoms with E-state index in [-0.39, 0.29) is 0 Å². The molecule has 1 heterocycles. The van der Waals surface area contributed by atoms with Crippen LogP contribution in [0.4, 0.5) is 0 Å². The number of ether oxygens (including phenoxy) is 1. The molecule has 1 aromatic rings. The number of likely N-dealkylation sites (tertiary alicyclic amines) is 1. The Morgan fingerprint density at radius 1 is 1.20 bits per heavy atom. The first-order valence-corrected chi connectivity index (χ1v) is 7.61. The molecular weight excluding hydrogens is 248 g/mol. The van der Waals surface area contributed by atoms with E-state index in [4.69, 9.17) is 10.00 Å². The van der Waals surface area contributed by atoms with Crippen LogP contribution in [0.15, 0.2) is 18.2 Å². The van der Waals surface area contributed by atoms with E-state index < -0.39 is 0 Å². The lowest BCUT2D eigenvalue weighted by molar-refractivity contribution is -0.908. The summed E-state index contributed by atoms with van der Waals surface area (Å²) in [7, 11) is 2.33. The van der Waals surface area contributed by atoms with Crippen molar-refractivity contribution in [1.82, 2.24) is 0 Å². The summed E-state index contributed by atoms with van der Waals surface area (Å²) in [6.45, 7) is 6.22. The van der Waals surface area contributed by atoms with Gasteiger partial charge in [-0.3, -0.25) is 0 Å². The molecule has 1 fully saturated rings. The number of rotatable bonds is 4. The molecule has 0 aliphatic carbocycles. The highest BCUT2D eigenvalue weighted by Crippen LogP contribution is 2.23. The Labute approximate surface area is 122 Å². The zero-order valence-electron chi connectivity index (χ0n) is 12.7. The summed E-state index contributed by atoms with van der Waals surface area (Å²) in [5.74, 6) is 0.761. The van der Waals surface area contributed by atoms with Gasteiger partial charge < -0.3 is 9.22 Å². The molecule has 0 bridgehead atoms. The van der Waals surface area contributed by atoms with E-state index in [0.717, 1.165) is 22.3 Å². The number of hydrogen-bond acceptors (Lipinski definition) is 2. The normalized spacial score (nSPS) is 18.1. The van der Waals surface area contributed by atoms with Crippen LogP contribution in [0.1, 0.15) is 36.8 Å². The third-order valence-electron chi connectivity index (χ3n) is 4.36. The minimum absolute atomic E-state index is 0.642. The van der Waals surface area contributed by atoms with Crippen molar-refractivity contribution in [3.05, 3.63) is 29.3 Å². The fraction of sp³-hybridized carbons (Fsp3) is 0.588. The van der Waals surface area contributed by atoms with E-state index >= 15 is 0 Å². The van der Waals surface area contributed by atoms with Crippen molar-refractivity contribution in [2.75, 3.05) is 33.3 Å². The zero-order chi connectivity index (χ0) is 14.4. The molecule has 0 amide bonds. The fourth-order valence-electron chi connectivity index (χ4n) is 2.98. The van der Waals surface area contributed by atoms with Gasteiger partial charge in [-0.1, -0.05) is 12.1 Å². The number of quaternary nitrogens is 1. The van der Waals surface area contributed by atoms with Crippen molar-refractivity contribution >= 4 is 0 Å². The molecule has 0 N–H and O–H groups in total. The van der Waals surface area contributed by atoms with Crippen LogP contribution in [0.5, 0.6) is 5.75 Å². The van der Waals surface area contributed by atoms with Gasteiger partial charge >= 0.3 is 0 Å². The van der Waals surface area contributed by atoms with Crippen LogP contribution in [0.3, 0.4) is 0 Å². The predicted molar refractivity (Wildman–Crippen MR) is 80.6 cm³/mol. The molecule has 108 valence electrons. The van der Waals surface area contributed by atoms with E-state index in [0.29, 0.717) is 12.2 Å². The highest BCUT2D eigenvalue weighted by atomic mass is 16.5. The van der Waals surface area contributed by atoms with Gasteiger partial charge in [0.2, 0.25) is 0 Å². The molecule has 0 radical (unpaired) electrons. The maximum Gasteiger partial charge on any atom is 0.140 e. The monoisotopic (exact) mass is 273 g/mol. The smallest absolute Gasteiger partial charge is 0.140 e. The summed E-state index contributed by atoms with van der Waals surface area (Å²) in [6, 6.07) is 7.94. The molecule has 0 aromatic heterocycles. The van der Waals surface area contributed by atoms with Crippen LogP contribution in [0.2, 0.25) is 0 Å². The van der Waals surface area contributed by atoms with E-state index in [2.05, 4.69) is 13.1 Å². The number of likely N-dealkylation sites (N-methyl/N-ethyl adjacent to an activating group) is 1. The van der Waals surface area contributed by atoms with Crippen molar-refractivity contribution in [2.24, 2.45) is 0 Å². The summed E-state index contributed by atoms with van der Waals surface area (Å²) in [6.07, 6.45) is 5.38. The molecule has 1 saturated heterocycles. The Bertz CT molecular complexity index is 482. The third kappa shape index (κ3) is 3.74. The van der Waals surface area contributed by atoms with Gasteiger partial charge in [-0.25, -0.2) is 0 Å². The Kier molecular flexibility index (Phi) is 5.03. The predicted octanol–water partition coefficient (Wildman–Crippen LogP) is 3.27. The molecule has 3 heteroatoms. The molecule has 1 aliphatic rings. The molecular formula is C17H25N2O+. The van der Waals surface area contributed by atoms with Gasteiger partial charge in [0.1, 0.15) is 25.0 Å². The summed E-state index contributed by atoms with van der Waals surface area (Å²) in [4.78, 5) is 0. The number of para-hydroxylation sites is 1. The number of nitriles is 1. The maximum absolute atomic E-state index is 9.14.